The zero-order valence-corrected chi connectivity index (χ0v) is 20.0. The van der Waals surface area contributed by atoms with Crippen LogP contribution in [0.25, 0.3) is 10.1 Å². The second-order valence-corrected chi connectivity index (χ2v) is 12.1. The van der Waals surface area contributed by atoms with Gasteiger partial charge in [-0.1, -0.05) is 58.5 Å². The molecule has 0 radical (unpaired) electrons. The second kappa shape index (κ2) is 8.49. The molecule has 4 rings (SSSR count). The van der Waals surface area contributed by atoms with Crippen LogP contribution in [0, 0.1) is 0 Å². The lowest BCUT2D eigenvalue weighted by molar-refractivity contribution is 0.0686. The summed E-state index contributed by atoms with van der Waals surface area (Å²) in [5.41, 5.74) is 0.843. The Morgan fingerprint density at radius 1 is 1.07 bits per heavy atom. The van der Waals surface area contributed by atoms with Gasteiger partial charge in [-0.25, -0.2) is 8.42 Å². The van der Waals surface area contributed by atoms with Gasteiger partial charge in [0.25, 0.3) is 5.91 Å². The summed E-state index contributed by atoms with van der Waals surface area (Å²) in [6.45, 7) is 0.245. The van der Waals surface area contributed by atoms with E-state index in [0.717, 1.165) is 5.56 Å². The number of amides is 1. The number of thiophene rings is 1. The smallest absolute Gasteiger partial charge is 0.266 e. The molecule has 0 spiro atoms. The Kier molecular flexibility index (Phi) is 6.28. The Morgan fingerprint density at radius 3 is 2.40 bits per heavy atom. The maximum absolute atomic E-state index is 13.6. The molecule has 1 fully saturated rings. The van der Waals surface area contributed by atoms with Crippen LogP contribution in [0.4, 0.5) is 0 Å². The lowest BCUT2D eigenvalue weighted by Gasteiger charge is -2.28. The standard InChI is InChI=1S/C20H15Cl4NO3S2/c21-12-3-1-11(2-4-12)9-25(14-5-6-30(27,28)10-14)20(26)19-18(24)17-15(23)7-13(22)8-16(17)29-19/h1-4,7-8,14H,5-6,9-10H2/t14-/m1/s1. The fourth-order valence-corrected chi connectivity index (χ4v) is 7.74. The number of rotatable bonds is 4. The predicted octanol–water partition coefficient (Wildman–Crippen LogP) is 6.34. The SMILES string of the molecule is O=C(c1sc2cc(Cl)cc(Cl)c2c1Cl)N(Cc1ccc(Cl)cc1)[C@@H]1CCS(=O)(=O)C1. The molecule has 1 aliphatic heterocycles. The van der Waals surface area contributed by atoms with E-state index in [1.807, 2.05) is 12.1 Å². The van der Waals surface area contributed by atoms with Gasteiger partial charge in [-0.2, -0.15) is 0 Å². The number of hydrogen-bond donors (Lipinski definition) is 0. The predicted molar refractivity (Wildman–Crippen MR) is 125 cm³/mol. The van der Waals surface area contributed by atoms with Crippen LogP contribution in [0.5, 0.6) is 0 Å². The number of benzene rings is 2. The molecule has 0 saturated carbocycles. The third-order valence-corrected chi connectivity index (χ3v) is 9.15. The summed E-state index contributed by atoms with van der Waals surface area (Å²) in [7, 11) is -3.19. The lowest BCUT2D eigenvalue weighted by atomic mass is 10.1. The van der Waals surface area contributed by atoms with Crippen molar-refractivity contribution in [2.45, 2.75) is 19.0 Å². The van der Waals surface area contributed by atoms with Crippen molar-refractivity contribution in [3.05, 3.63) is 66.9 Å². The Balaban J connectivity index is 1.75. The Hall–Kier alpha value is -1.02. The largest absolute Gasteiger partial charge is 0.330 e. The van der Waals surface area contributed by atoms with Gasteiger partial charge in [0.2, 0.25) is 0 Å². The number of sulfone groups is 1. The topological polar surface area (TPSA) is 54.5 Å². The molecule has 0 bridgehead atoms. The maximum Gasteiger partial charge on any atom is 0.266 e. The van der Waals surface area contributed by atoms with Gasteiger partial charge >= 0.3 is 0 Å². The molecule has 158 valence electrons. The van der Waals surface area contributed by atoms with Gasteiger partial charge in [0, 0.05) is 32.7 Å². The highest BCUT2D eigenvalue weighted by Gasteiger charge is 2.36. The van der Waals surface area contributed by atoms with Crippen LogP contribution in [0.1, 0.15) is 21.7 Å². The number of nitrogens with zero attached hydrogens (tertiary/aromatic N) is 1. The van der Waals surface area contributed by atoms with E-state index in [1.54, 1.807) is 29.2 Å². The number of halogens is 4. The minimum Gasteiger partial charge on any atom is -0.330 e. The van der Waals surface area contributed by atoms with Crippen LogP contribution < -0.4 is 0 Å². The number of hydrogen-bond acceptors (Lipinski definition) is 4. The number of carbonyl (C=O) groups excluding carboxylic acids is 1. The van der Waals surface area contributed by atoms with E-state index in [-0.39, 0.29) is 29.0 Å². The van der Waals surface area contributed by atoms with Crippen LogP contribution in [0.3, 0.4) is 0 Å². The number of carbonyl (C=O) groups is 1. The van der Waals surface area contributed by atoms with Crippen LogP contribution in [-0.2, 0) is 16.4 Å². The first-order valence-corrected chi connectivity index (χ1v) is 13.1. The molecule has 0 aliphatic carbocycles. The first-order chi connectivity index (χ1) is 14.1. The highest BCUT2D eigenvalue weighted by atomic mass is 35.5. The minimum atomic E-state index is -3.19. The van der Waals surface area contributed by atoms with Crippen molar-refractivity contribution in [3.63, 3.8) is 0 Å². The summed E-state index contributed by atoms with van der Waals surface area (Å²) in [5, 5.41) is 2.22. The average Bonchev–Trinajstić information content (AvgIpc) is 3.20. The number of fused-ring (bicyclic) bond motifs is 1. The van der Waals surface area contributed by atoms with Crippen molar-refractivity contribution < 1.29 is 13.2 Å². The highest BCUT2D eigenvalue weighted by molar-refractivity contribution is 7.91. The fraction of sp³-hybridized carbons (Fsp3) is 0.250. The van der Waals surface area contributed by atoms with Crippen molar-refractivity contribution in [3.8, 4) is 0 Å². The second-order valence-electron chi connectivity index (χ2n) is 7.12. The third kappa shape index (κ3) is 4.45. The molecular formula is C20H15Cl4NO3S2. The molecular weight excluding hydrogens is 508 g/mol. The van der Waals surface area contributed by atoms with E-state index in [2.05, 4.69) is 0 Å². The molecule has 2 heterocycles. The van der Waals surface area contributed by atoms with Crippen LogP contribution in [0.15, 0.2) is 36.4 Å². The summed E-state index contributed by atoms with van der Waals surface area (Å²) < 4.78 is 24.9. The molecule has 1 atom stereocenters. The van der Waals surface area contributed by atoms with Gasteiger partial charge in [0.1, 0.15) is 4.88 Å². The van der Waals surface area contributed by atoms with Crippen molar-refractivity contribution >= 4 is 83.6 Å². The molecule has 1 saturated heterocycles. The normalized spacial score (nSPS) is 18.1. The van der Waals surface area contributed by atoms with Gasteiger partial charge in [-0.05, 0) is 36.2 Å². The van der Waals surface area contributed by atoms with Gasteiger partial charge in [-0.3, -0.25) is 4.79 Å². The van der Waals surface area contributed by atoms with E-state index < -0.39 is 15.9 Å². The minimum absolute atomic E-state index is 0.0592. The van der Waals surface area contributed by atoms with E-state index in [1.165, 1.54) is 11.3 Å². The van der Waals surface area contributed by atoms with Gasteiger partial charge in [-0.15, -0.1) is 11.3 Å². The quantitative estimate of drug-likeness (QED) is 0.401. The van der Waals surface area contributed by atoms with Gasteiger partial charge in [0.15, 0.2) is 9.84 Å². The average molecular weight is 523 g/mol. The Labute approximate surface area is 198 Å². The summed E-state index contributed by atoms with van der Waals surface area (Å²) >= 11 is 26.1. The molecule has 3 aromatic rings. The first kappa shape index (κ1) is 22.2. The summed E-state index contributed by atoms with van der Waals surface area (Å²) in [6.07, 6.45) is 0.386. The maximum atomic E-state index is 13.6. The molecule has 30 heavy (non-hydrogen) atoms. The zero-order valence-electron chi connectivity index (χ0n) is 15.4. The molecule has 4 nitrogen and oxygen atoms in total. The van der Waals surface area contributed by atoms with E-state index >= 15 is 0 Å². The van der Waals surface area contributed by atoms with Crippen LogP contribution >= 0.6 is 57.7 Å². The molecule has 1 aliphatic rings. The summed E-state index contributed by atoms with van der Waals surface area (Å²) in [5.74, 6) is -0.337. The monoisotopic (exact) mass is 521 g/mol. The van der Waals surface area contributed by atoms with Crippen molar-refractivity contribution in [2.75, 3.05) is 11.5 Å². The van der Waals surface area contributed by atoms with Crippen molar-refractivity contribution in [1.82, 2.24) is 4.90 Å². The van der Waals surface area contributed by atoms with E-state index in [4.69, 9.17) is 46.4 Å². The first-order valence-electron chi connectivity index (χ1n) is 8.97. The lowest BCUT2D eigenvalue weighted by Crippen LogP contribution is -2.40. The molecule has 1 aromatic heterocycles. The van der Waals surface area contributed by atoms with E-state index in [0.29, 0.717) is 36.5 Å². The Bertz CT molecular complexity index is 1240. The highest BCUT2D eigenvalue weighted by Crippen LogP contribution is 2.42. The zero-order chi connectivity index (χ0) is 21.6. The van der Waals surface area contributed by atoms with Crippen LogP contribution in [-0.4, -0.2) is 36.8 Å². The van der Waals surface area contributed by atoms with E-state index in [9.17, 15) is 13.2 Å². The summed E-state index contributed by atoms with van der Waals surface area (Å²) in [6, 6.07) is 9.95. The van der Waals surface area contributed by atoms with Gasteiger partial charge < -0.3 is 4.90 Å². The van der Waals surface area contributed by atoms with Crippen molar-refractivity contribution in [2.24, 2.45) is 0 Å². The molecule has 1 amide bonds. The molecule has 2 aromatic carbocycles. The Morgan fingerprint density at radius 2 is 1.77 bits per heavy atom. The molecule has 10 heteroatoms. The molecule has 0 N–H and O–H groups in total. The van der Waals surface area contributed by atoms with Crippen LogP contribution in [0.2, 0.25) is 20.1 Å². The van der Waals surface area contributed by atoms with Crippen molar-refractivity contribution in [1.29, 1.82) is 0 Å². The third-order valence-electron chi connectivity index (χ3n) is 5.02. The van der Waals surface area contributed by atoms with Gasteiger partial charge in [0.05, 0.1) is 21.6 Å². The molecule has 0 unspecified atom stereocenters. The fourth-order valence-electron chi connectivity index (χ4n) is 3.55. The summed E-state index contributed by atoms with van der Waals surface area (Å²) in [4.78, 5) is 15.5.